The summed E-state index contributed by atoms with van der Waals surface area (Å²) in [5, 5.41) is 4.92. The second-order valence-electron chi connectivity index (χ2n) is 8.54. The first-order chi connectivity index (χ1) is 17.1. The van der Waals surface area contributed by atoms with Crippen LogP contribution in [0.4, 0.5) is 0 Å². The van der Waals surface area contributed by atoms with Crippen LogP contribution in [0, 0.1) is 4.91 Å². The molecule has 0 saturated carbocycles. The second-order valence-corrected chi connectivity index (χ2v) is 9.92. The summed E-state index contributed by atoms with van der Waals surface area (Å²) in [7, 11) is 0. The van der Waals surface area contributed by atoms with Crippen molar-refractivity contribution in [3.05, 3.63) is 4.91 Å². The molecule has 1 aliphatic heterocycles. The highest BCUT2D eigenvalue weighted by atomic mass is 32.2. The molecule has 0 aromatic rings. The van der Waals surface area contributed by atoms with Crippen molar-refractivity contribution in [2.45, 2.75) is 89.9 Å². The van der Waals surface area contributed by atoms with Gasteiger partial charge in [-0.3, -0.25) is 28.8 Å². The van der Waals surface area contributed by atoms with Gasteiger partial charge < -0.3 is 34.3 Å². The van der Waals surface area contributed by atoms with Crippen LogP contribution >= 0.6 is 11.9 Å². The maximum absolute atomic E-state index is 13.4. The fraction of sp³-hybridized carbons (Fsp3) is 0.714. The van der Waals surface area contributed by atoms with Crippen LogP contribution in [0.1, 0.15) is 48.5 Å². The van der Waals surface area contributed by atoms with Crippen molar-refractivity contribution in [2.24, 2.45) is 4.58 Å². The van der Waals surface area contributed by atoms with Gasteiger partial charge in [0.15, 0.2) is 12.2 Å². The van der Waals surface area contributed by atoms with Crippen LogP contribution < -0.4 is 10.6 Å². The van der Waals surface area contributed by atoms with Gasteiger partial charge in [-0.15, -0.1) is 4.91 Å². The van der Waals surface area contributed by atoms with E-state index in [1.165, 1.54) is 13.8 Å². The highest BCUT2D eigenvalue weighted by Gasteiger charge is 2.53. The average molecular weight is 550 g/mol. The van der Waals surface area contributed by atoms with Crippen molar-refractivity contribution in [3.8, 4) is 0 Å². The Hall–Kier alpha value is -3.27. The van der Waals surface area contributed by atoms with Crippen LogP contribution in [-0.2, 0) is 52.5 Å². The summed E-state index contributed by atoms with van der Waals surface area (Å²) in [6, 6.07) is -2.82. The lowest BCUT2D eigenvalue weighted by atomic mass is 9.94. The van der Waals surface area contributed by atoms with Gasteiger partial charge in [0.1, 0.15) is 24.8 Å². The van der Waals surface area contributed by atoms with Crippen molar-refractivity contribution in [1.82, 2.24) is 10.6 Å². The second kappa shape index (κ2) is 13.9. The number of hydrogen-bond acceptors (Lipinski definition) is 14. The summed E-state index contributed by atoms with van der Waals surface area (Å²) >= 11 is 0.490. The van der Waals surface area contributed by atoms with Crippen molar-refractivity contribution < 1.29 is 52.5 Å². The van der Waals surface area contributed by atoms with Crippen molar-refractivity contribution in [1.29, 1.82) is 0 Å². The Balaban J connectivity index is 3.54. The van der Waals surface area contributed by atoms with Gasteiger partial charge in [-0.2, -0.15) is 0 Å². The Morgan fingerprint density at radius 2 is 1.43 bits per heavy atom. The van der Waals surface area contributed by atoms with E-state index in [-0.39, 0.29) is 0 Å². The number of esters is 4. The number of carbonyl (C=O) groups is 6. The van der Waals surface area contributed by atoms with Gasteiger partial charge in [-0.25, -0.2) is 0 Å². The molecule has 208 valence electrons. The van der Waals surface area contributed by atoms with E-state index in [1.807, 2.05) is 0 Å². The predicted molar refractivity (Wildman–Crippen MR) is 125 cm³/mol. The maximum atomic E-state index is 13.4. The van der Waals surface area contributed by atoms with Gasteiger partial charge >= 0.3 is 23.9 Å². The number of carbonyl (C=O) groups excluding carboxylic acids is 6. The Kier molecular flexibility index (Phi) is 11.9. The van der Waals surface area contributed by atoms with Crippen LogP contribution in [0.2, 0.25) is 0 Å². The molecule has 0 bridgehead atoms. The molecular weight excluding hydrogens is 518 g/mol. The lowest BCUT2D eigenvalue weighted by Gasteiger charge is -2.45. The molecule has 2 amide bonds. The van der Waals surface area contributed by atoms with E-state index in [1.54, 1.807) is 0 Å². The van der Waals surface area contributed by atoms with E-state index in [9.17, 15) is 33.7 Å². The molecule has 0 radical (unpaired) electrons. The van der Waals surface area contributed by atoms with Gasteiger partial charge in [0.2, 0.25) is 18.1 Å². The van der Waals surface area contributed by atoms with E-state index >= 15 is 0 Å². The minimum Gasteiger partial charge on any atom is -0.463 e. The first-order valence-electron chi connectivity index (χ1n) is 11.0. The number of rotatable bonds is 11. The topological polar surface area (TPSA) is 202 Å². The highest BCUT2D eigenvalue weighted by molar-refractivity contribution is 7.99. The Morgan fingerprint density at radius 1 is 0.892 bits per heavy atom. The number of hydrogen-bond donors (Lipinski definition) is 2. The predicted octanol–water partition coefficient (Wildman–Crippen LogP) is -0.116. The third kappa shape index (κ3) is 9.95. The molecular formula is C21H31N3O12S. The first kappa shape index (κ1) is 31.8. The highest BCUT2D eigenvalue weighted by Crippen LogP contribution is 2.31. The van der Waals surface area contributed by atoms with Crippen LogP contribution in [0.15, 0.2) is 4.58 Å². The summed E-state index contributed by atoms with van der Waals surface area (Å²) < 4.78 is 28.0. The Bertz CT molecular complexity index is 911. The fourth-order valence-electron chi connectivity index (χ4n) is 3.47. The lowest BCUT2D eigenvalue weighted by molar-refractivity contribution is -0.271. The normalized spacial score (nSPS) is 24.0. The van der Waals surface area contributed by atoms with Crippen LogP contribution in [-0.4, -0.2) is 83.7 Å². The Labute approximate surface area is 217 Å². The molecule has 37 heavy (non-hydrogen) atoms. The number of nitrogens with zero attached hydrogens (tertiary/aromatic N) is 1. The molecule has 2 N–H and O–H groups in total. The summed E-state index contributed by atoms with van der Waals surface area (Å²) in [5.41, 5.74) is 0. The summed E-state index contributed by atoms with van der Waals surface area (Å²) in [6.07, 6.45) is -5.80. The van der Waals surface area contributed by atoms with E-state index in [0.29, 0.717) is 11.9 Å². The number of nitrogens with one attached hydrogen (secondary N) is 2. The van der Waals surface area contributed by atoms with Gasteiger partial charge in [0, 0.05) is 51.1 Å². The standard InChI is InChI=1S/C21H31N3O12S/c1-9(25)22-18(21(6,7)37-24-31)19(30)23-15-17(34-12(4)28)16(33-11(3)27)14(8-32-10(2)26)36-20(15)35-13(5)29/h14-18,20H,8H2,1-7H3,(H,22,25)(H,23,30)/t14-,15+,16-,17-,18-,20-/m1/s1. The lowest BCUT2D eigenvalue weighted by Crippen LogP contribution is -2.69. The van der Waals surface area contributed by atoms with E-state index in [2.05, 4.69) is 15.2 Å². The first-order valence-corrected chi connectivity index (χ1v) is 11.7. The molecule has 15 nitrogen and oxygen atoms in total. The van der Waals surface area contributed by atoms with E-state index < -0.39 is 83.7 Å². The number of nitroso groups, excluding NO2 is 1. The summed E-state index contributed by atoms with van der Waals surface area (Å²) in [4.78, 5) is 83.1. The fourth-order valence-corrected chi connectivity index (χ4v) is 3.94. The molecule has 1 heterocycles. The summed E-state index contributed by atoms with van der Waals surface area (Å²) in [6.45, 7) is 7.91. The average Bonchev–Trinajstić information content (AvgIpc) is 2.73. The van der Waals surface area contributed by atoms with Crippen LogP contribution in [0.3, 0.4) is 0 Å². The molecule has 1 aliphatic rings. The van der Waals surface area contributed by atoms with E-state index in [0.717, 1.165) is 34.6 Å². The van der Waals surface area contributed by atoms with Crippen molar-refractivity contribution in [3.63, 3.8) is 0 Å². The molecule has 0 aromatic heterocycles. The van der Waals surface area contributed by atoms with Crippen molar-refractivity contribution >= 4 is 47.6 Å². The minimum atomic E-state index is -1.61. The van der Waals surface area contributed by atoms with Gasteiger partial charge in [-0.05, 0) is 13.8 Å². The third-order valence-electron chi connectivity index (χ3n) is 4.87. The van der Waals surface area contributed by atoms with Gasteiger partial charge in [0.25, 0.3) is 0 Å². The molecule has 0 aliphatic carbocycles. The van der Waals surface area contributed by atoms with Crippen LogP contribution in [0.5, 0.6) is 0 Å². The molecule has 1 rings (SSSR count). The minimum absolute atomic E-state index is 0.479. The zero-order valence-electron chi connectivity index (χ0n) is 21.4. The quantitative estimate of drug-likeness (QED) is 0.150. The number of ether oxygens (including phenoxy) is 5. The zero-order chi connectivity index (χ0) is 28.5. The molecule has 6 atom stereocenters. The third-order valence-corrected chi connectivity index (χ3v) is 5.65. The molecule has 0 aromatic carbocycles. The SMILES string of the molecule is CC(=O)N[C@H](C(=O)N[C@@H]1[C@H](OC(C)=O)O[C@H](COC(C)=O)[C@@H](OC(C)=O)[C@@H]1OC(C)=O)C(C)(C)SN=O. The monoisotopic (exact) mass is 549 g/mol. The molecule has 1 fully saturated rings. The molecule has 0 unspecified atom stereocenters. The maximum Gasteiger partial charge on any atom is 0.305 e. The summed E-state index contributed by atoms with van der Waals surface area (Å²) in [5.74, 6) is -4.71. The van der Waals surface area contributed by atoms with E-state index in [4.69, 9.17) is 23.7 Å². The Morgan fingerprint density at radius 3 is 1.89 bits per heavy atom. The number of amides is 2. The molecule has 1 saturated heterocycles. The largest absolute Gasteiger partial charge is 0.463 e. The van der Waals surface area contributed by atoms with Crippen LogP contribution in [0.25, 0.3) is 0 Å². The molecule has 16 heteroatoms. The zero-order valence-corrected chi connectivity index (χ0v) is 22.2. The smallest absolute Gasteiger partial charge is 0.305 e. The van der Waals surface area contributed by atoms with Gasteiger partial charge in [-0.1, -0.05) is 0 Å². The molecule has 0 spiro atoms. The van der Waals surface area contributed by atoms with Crippen molar-refractivity contribution in [2.75, 3.05) is 6.61 Å². The van der Waals surface area contributed by atoms with Gasteiger partial charge in [0.05, 0.1) is 4.75 Å².